The number of unbranched alkanes of at least 4 members (excludes halogenated alkanes) is 2. The van der Waals surface area contributed by atoms with Gasteiger partial charge < -0.3 is 41.0 Å². The number of rotatable bonds is 31. The molecule has 0 saturated carbocycles. The molecule has 0 aliphatic carbocycles. The lowest BCUT2D eigenvalue weighted by molar-refractivity contribution is -0.122. The average Bonchev–Trinajstić information content (AvgIpc) is 3.21. The number of ether oxygens (including phenoxy) is 4. The third-order valence-corrected chi connectivity index (χ3v) is 10.0. The third kappa shape index (κ3) is 21.4. The topological polar surface area (TPSA) is 227 Å². The van der Waals surface area contributed by atoms with Gasteiger partial charge in [-0.25, -0.2) is 4.98 Å². The van der Waals surface area contributed by atoms with E-state index in [1.54, 1.807) is 0 Å². The highest BCUT2D eigenvalue weighted by Crippen LogP contribution is 2.29. The number of nitrogens with zero attached hydrogens (tertiary/aromatic N) is 2. The van der Waals surface area contributed by atoms with Gasteiger partial charge in [0, 0.05) is 56.3 Å². The van der Waals surface area contributed by atoms with Gasteiger partial charge in [-0.15, -0.1) is 0 Å². The number of amides is 2. The van der Waals surface area contributed by atoms with Crippen LogP contribution in [0.5, 0.6) is 5.88 Å². The first-order valence-electron chi connectivity index (χ1n) is 20.4. The fourth-order valence-corrected chi connectivity index (χ4v) is 6.37. The summed E-state index contributed by atoms with van der Waals surface area (Å²) >= 11 is 0. The Labute approximate surface area is 349 Å². The molecule has 0 bridgehead atoms. The van der Waals surface area contributed by atoms with Gasteiger partial charge in [-0.05, 0) is 62.1 Å². The number of pyridine rings is 1. The van der Waals surface area contributed by atoms with Gasteiger partial charge in [0.25, 0.3) is 10.1 Å². The summed E-state index contributed by atoms with van der Waals surface area (Å²) in [6.45, 7) is 8.65. The van der Waals surface area contributed by atoms with E-state index in [1.165, 1.54) is 0 Å². The van der Waals surface area contributed by atoms with Gasteiger partial charge in [-0.3, -0.25) is 19.1 Å². The highest BCUT2D eigenvalue weighted by Gasteiger charge is 2.22. The second-order valence-corrected chi connectivity index (χ2v) is 16.3. The van der Waals surface area contributed by atoms with Crippen LogP contribution < -0.4 is 26.8 Å². The quantitative estimate of drug-likeness (QED) is 0.0255. The number of benzene rings is 2. The summed E-state index contributed by atoms with van der Waals surface area (Å²) in [5, 5.41) is 5.41. The van der Waals surface area contributed by atoms with Crippen molar-refractivity contribution < 1.29 is 41.5 Å². The number of carbonyl (C=O) groups is 2. The molecular weight excluding hydrogens is 777 g/mol. The van der Waals surface area contributed by atoms with E-state index in [4.69, 9.17) is 40.0 Å². The van der Waals surface area contributed by atoms with E-state index in [2.05, 4.69) is 59.8 Å². The predicted molar refractivity (Wildman–Crippen MR) is 231 cm³/mol. The molecule has 1 aromatic heterocycles. The van der Waals surface area contributed by atoms with E-state index in [0.717, 1.165) is 54.5 Å². The Kier molecular flexibility index (Phi) is 22.7. The minimum atomic E-state index is -4.31. The molecule has 0 spiro atoms. The number of nitrogens with two attached hydrogens (primary N) is 2. The van der Waals surface area contributed by atoms with Crippen LogP contribution in [-0.2, 0) is 33.9 Å². The van der Waals surface area contributed by atoms with Gasteiger partial charge in [-0.1, -0.05) is 74.5 Å². The molecule has 3 rings (SSSR count). The molecule has 1 atom stereocenters. The fraction of sp³-hybridized carbons (Fsp3) is 0.535. The molecule has 326 valence electrons. The molecule has 3 aromatic rings. The van der Waals surface area contributed by atoms with E-state index >= 15 is 0 Å². The smallest absolute Gasteiger partial charge is 0.266 e. The lowest BCUT2D eigenvalue weighted by Crippen LogP contribution is -2.45. The molecule has 59 heavy (non-hydrogen) atoms. The van der Waals surface area contributed by atoms with Crippen LogP contribution in [0.2, 0.25) is 0 Å². The normalized spacial score (nSPS) is 12.6. The Morgan fingerprint density at radius 1 is 0.763 bits per heavy atom. The Morgan fingerprint density at radius 3 is 1.98 bits per heavy atom. The van der Waals surface area contributed by atoms with E-state index in [-0.39, 0.29) is 17.9 Å². The molecule has 0 radical (unpaired) electrons. The van der Waals surface area contributed by atoms with Crippen molar-refractivity contribution >= 4 is 27.8 Å². The van der Waals surface area contributed by atoms with Crippen LogP contribution in [-0.4, -0.2) is 113 Å². The van der Waals surface area contributed by atoms with E-state index < -0.39 is 27.8 Å². The molecule has 16 heteroatoms. The number of nitrogens with one attached hydrogen (secondary N) is 2. The van der Waals surface area contributed by atoms with Crippen LogP contribution in [0.4, 0.5) is 0 Å². The van der Waals surface area contributed by atoms with Gasteiger partial charge in [0.15, 0.2) is 0 Å². The lowest BCUT2D eigenvalue weighted by Gasteiger charge is -2.24. The molecule has 0 saturated heterocycles. The Bertz CT molecular complexity index is 1740. The number of amidine groups is 1. The van der Waals surface area contributed by atoms with Crippen LogP contribution in [0.25, 0.3) is 22.4 Å². The zero-order chi connectivity index (χ0) is 42.8. The van der Waals surface area contributed by atoms with Crippen molar-refractivity contribution in [3.05, 3.63) is 72.8 Å². The number of hydrogen-bond acceptors (Lipinski definition) is 11. The molecule has 0 aliphatic heterocycles. The van der Waals surface area contributed by atoms with E-state index in [1.807, 2.05) is 42.5 Å². The van der Waals surface area contributed by atoms with E-state index in [9.17, 15) is 18.0 Å². The number of carbonyl (C=O) groups excluding carboxylic acids is 2. The average molecular weight is 841 g/mol. The van der Waals surface area contributed by atoms with Crippen LogP contribution in [0.1, 0.15) is 65.2 Å². The van der Waals surface area contributed by atoms with Crippen molar-refractivity contribution in [2.45, 2.75) is 71.3 Å². The minimum absolute atomic E-state index is 0.00854. The van der Waals surface area contributed by atoms with Gasteiger partial charge >= 0.3 is 0 Å². The number of hydrogen-bond donors (Lipinski definition) is 5. The van der Waals surface area contributed by atoms with Gasteiger partial charge in [0.05, 0.1) is 50.3 Å². The number of aliphatic imine (C=N–C) groups is 1. The Balaban J connectivity index is 1.16. The zero-order valence-corrected chi connectivity index (χ0v) is 35.4. The second kappa shape index (κ2) is 27.3. The molecule has 15 nitrogen and oxygen atoms in total. The highest BCUT2D eigenvalue weighted by atomic mass is 32.2. The molecule has 7 N–H and O–H groups in total. The summed E-state index contributed by atoms with van der Waals surface area (Å²) in [6.07, 6.45) is 5.82. The maximum absolute atomic E-state index is 12.2. The molecule has 1 unspecified atom stereocenters. The summed E-state index contributed by atoms with van der Waals surface area (Å²) in [6, 6.07) is 23.1. The first-order chi connectivity index (χ1) is 28.3. The van der Waals surface area contributed by atoms with Gasteiger partial charge in [0.2, 0.25) is 17.7 Å². The van der Waals surface area contributed by atoms with Crippen LogP contribution in [0, 0.1) is 5.41 Å². The van der Waals surface area contributed by atoms with Crippen LogP contribution in [0.15, 0.2) is 77.8 Å². The monoisotopic (exact) mass is 840 g/mol. The first kappa shape index (κ1) is 48.9. The SMILES string of the molecule is CC(C)(CCCCOc1cc(-c2ccccc2)cc(-c2ccccc2)n1)C(N)=NCCCCC(=O)NCCCOCCOCCOCCCNC(=O)C(N)CS(=O)(=O)O. The summed E-state index contributed by atoms with van der Waals surface area (Å²) < 4.78 is 52.9. The van der Waals surface area contributed by atoms with Crippen LogP contribution >= 0.6 is 0 Å². The molecule has 0 aliphatic rings. The first-order valence-corrected chi connectivity index (χ1v) is 22.0. The summed E-state index contributed by atoms with van der Waals surface area (Å²) in [7, 11) is -4.31. The summed E-state index contributed by atoms with van der Waals surface area (Å²) in [5.74, 6) is -0.234. The minimum Gasteiger partial charge on any atom is -0.478 e. The zero-order valence-electron chi connectivity index (χ0n) is 34.6. The van der Waals surface area contributed by atoms with Crippen molar-refractivity contribution in [2.24, 2.45) is 21.9 Å². The molecule has 2 amide bonds. The highest BCUT2D eigenvalue weighted by molar-refractivity contribution is 7.85. The summed E-state index contributed by atoms with van der Waals surface area (Å²) in [5.41, 5.74) is 15.7. The van der Waals surface area contributed by atoms with E-state index in [0.29, 0.717) is 90.3 Å². The van der Waals surface area contributed by atoms with Crippen molar-refractivity contribution in [1.29, 1.82) is 0 Å². The fourth-order valence-electron chi connectivity index (χ4n) is 5.77. The van der Waals surface area contributed by atoms with Gasteiger partial charge in [0.1, 0.15) is 6.04 Å². The Hall–Kier alpha value is -4.45. The van der Waals surface area contributed by atoms with Crippen molar-refractivity contribution in [3.8, 4) is 28.3 Å². The van der Waals surface area contributed by atoms with Crippen molar-refractivity contribution in [3.63, 3.8) is 0 Å². The number of aromatic nitrogens is 1. The maximum Gasteiger partial charge on any atom is 0.266 e. The standard InChI is InChI=1S/C43H64N6O9S/c1-43(2,20-10-12-26-58-40-32-36(34-15-5-3-6-16-34)31-38(49-40)35-17-7-4-8-18-35)42(45)48-21-11-9-19-39(50)46-22-13-24-55-27-29-57-30-28-56-25-14-23-47-41(51)37(44)33-59(52,53)54/h3-8,15-18,31-32,37H,9-14,19-30,33,44H2,1-2H3,(H2,45,48)(H,46,50)(H,47,51)(H,52,53,54). The molecule has 2 aromatic carbocycles. The molecular formula is C43H64N6O9S. The maximum atomic E-state index is 12.2. The Morgan fingerprint density at radius 2 is 1.36 bits per heavy atom. The van der Waals surface area contributed by atoms with Gasteiger partial charge in [-0.2, -0.15) is 8.42 Å². The molecule has 0 fully saturated rings. The summed E-state index contributed by atoms with van der Waals surface area (Å²) in [4.78, 5) is 33.3. The lowest BCUT2D eigenvalue weighted by atomic mass is 9.86. The predicted octanol–water partition coefficient (Wildman–Crippen LogP) is 4.80. The van der Waals surface area contributed by atoms with Crippen LogP contribution in [0.3, 0.4) is 0 Å². The largest absolute Gasteiger partial charge is 0.478 e. The van der Waals surface area contributed by atoms with Crippen molar-refractivity contribution in [1.82, 2.24) is 15.6 Å². The van der Waals surface area contributed by atoms with Crippen molar-refractivity contribution in [2.75, 3.05) is 71.6 Å². The third-order valence-electron chi connectivity index (χ3n) is 9.24. The second-order valence-electron chi connectivity index (χ2n) is 14.8. The molecule has 1 heterocycles.